The topological polar surface area (TPSA) is 193 Å². The average molecular weight is 470 g/mol. The molecule has 0 radical (unpaired) electrons. The summed E-state index contributed by atoms with van der Waals surface area (Å²) in [5.74, 6) is 0. The first-order valence-corrected chi connectivity index (χ1v) is 10.6. The lowest BCUT2D eigenvalue weighted by Gasteiger charge is -2.42. The highest BCUT2D eigenvalue weighted by Gasteiger charge is 2.47. The van der Waals surface area contributed by atoms with Crippen molar-refractivity contribution in [3.63, 3.8) is 0 Å². The van der Waals surface area contributed by atoms with E-state index in [0.717, 1.165) is 16.5 Å². The summed E-state index contributed by atoms with van der Waals surface area (Å²) in [6.45, 7) is -0.312. The molecule has 10 atom stereocenters. The van der Waals surface area contributed by atoms with E-state index >= 15 is 0 Å². The van der Waals surface area contributed by atoms with Crippen LogP contribution in [0.1, 0.15) is 5.56 Å². The Kier molecular flexibility index (Phi) is 7.63. The fraction of sp³-hybridized carbons (Fsp3) is 0.619. The second-order valence-corrected chi connectivity index (χ2v) is 8.14. The van der Waals surface area contributed by atoms with Gasteiger partial charge in [0.1, 0.15) is 42.7 Å². The minimum Gasteiger partial charge on any atom is -0.663 e. The zero-order chi connectivity index (χ0) is 23.7. The monoisotopic (exact) mass is 470 g/mol. The maximum absolute atomic E-state index is 10.2. The molecule has 7 N–H and O–H groups in total. The van der Waals surface area contributed by atoms with E-state index < -0.39 is 68.2 Å². The molecule has 2 fully saturated rings. The quantitative estimate of drug-likeness (QED) is 0.216. The van der Waals surface area contributed by atoms with Crippen molar-refractivity contribution in [2.75, 3.05) is 13.2 Å². The third-order valence-electron chi connectivity index (χ3n) is 5.90. The number of aliphatic hydroxyl groups excluding tert-OH is 7. The summed E-state index contributed by atoms with van der Waals surface area (Å²) in [5.41, 5.74) is 1.80. The van der Waals surface area contributed by atoms with Crippen molar-refractivity contribution in [1.82, 2.24) is 4.98 Å². The summed E-state index contributed by atoms with van der Waals surface area (Å²) >= 11 is 0. The largest absolute Gasteiger partial charge is 0.663 e. The number of aliphatic hydroxyl groups is 7. The Bertz CT molecular complexity index is 909. The van der Waals surface area contributed by atoms with Gasteiger partial charge in [-0.3, -0.25) is 0 Å². The standard InChI is InChI=1S/C21H28NO11/c23-13-12(8-31-21-18(28)15(25)16(26)19(29)33-21)32-20(17(27)14(13)24)30-6-5-9-7-22-11-4-2-1-3-10(9)11/h1-4,7,12-21,23-29H,5-6,8H2/q-1/t12-,13-,14+,15+,16+,17-,18-,19-,20-,21+/m0/s1. The van der Waals surface area contributed by atoms with Gasteiger partial charge in [0.25, 0.3) is 0 Å². The van der Waals surface area contributed by atoms with Crippen molar-refractivity contribution >= 4 is 10.9 Å². The predicted molar refractivity (Wildman–Crippen MR) is 108 cm³/mol. The third kappa shape index (κ3) is 5.06. The van der Waals surface area contributed by atoms with Crippen LogP contribution >= 0.6 is 0 Å². The van der Waals surface area contributed by atoms with Crippen molar-refractivity contribution in [3.8, 4) is 0 Å². The van der Waals surface area contributed by atoms with Crippen LogP contribution in [0.2, 0.25) is 0 Å². The maximum Gasteiger partial charge on any atom is 0.189 e. The van der Waals surface area contributed by atoms with Gasteiger partial charge in [-0.1, -0.05) is 29.8 Å². The average Bonchev–Trinajstić information content (AvgIpc) is 3.23. The first kappa shape index (κ1) is 24.4. The minimum absolute atomic E-state index is 0.133. The lowest BCUT2D eigenvalue weighted by Crippen LogP contribution is -2.61. The van der Waals surface area contributed by atoms with Gasteiger partial charge in [0, 0.05) is 0 Å². The van der Waals surface area contributed by atoms with Crippen molar-refractivity contribution < 1.29 is 54.7 Å². The van der Waals surface area contributed by atoms with Crippen molar-refractivity contribution in [1.29, 1.82) is 0 Å². The van der Waals surface area contributed by atoms with E-state index in [2.05, 4.69) is 4.98 Å². The Morgan fingerprint density at radius 1 is 0.758 bits per heavy atom. The van der Waals surface area contributed by atoms with Crippen molar-refractivity contribution in [3.05, 3.63) is 36.0 Å². The Morgan fingerprint density at radius 3 is 2.18 bits per heavy atom. The van der Waals surface area contributed by atoms with Crippen LogP contribution in [0.5, 0.6) is 0 Å². The van der Waals surface area contributed by atoms with Crippen molar-refractivity contribution in [2.45, 2.75) is 68.0 Å². The van der Waals surface area contributed by atoms with Gasteiger partial charge in [-0.05, 0) is 11.8 Å². The van der Waals surface area contributed by atoms with Gasteiger partial charge in [-0.25, -0.2) is 0 Å². The fourth-order valence-corrected chi connectivity index (χ4v) is 3.91. The number of hydrogen-bond donors (Lipinski definition) is 7. The van der Waals surface area contributed by atoms with E-state index in [0.29, 0.717) is 6.42 Å². The number of para-hydroxylation sites is 1. The molecule has 0 amide bonds. The number of hydrogen-bond acceptors (Lipinski definition) is 11. The second-order valence-electron chi connectivity index (χ2n) is 8.14. The van der Waals surface area contributed by atoms with E-state index in [4.69, 9.17) is 18.9 Å². The van der Waals surface area contributed by atoms with E-state index in [1.165, 1.54) is 0 Å². The highest BCUT2D eigenvalue weighted by molar-refractivity contribution is 5.82. The first-order chi connectivity index (χ1) is 15.8. The van der Waals surface area contributed by atoms with E-state index in [9.17, 15) is 35.7 Å². The molecule has 33 heavy (non-hydrogen) atoms. The number of aromatic nitrogens is 1. The fourth-order valence-electron chi connectivity index (χ4n) is 3.91. The van der Waals surface area contributed by atoms with Gasteiger partial charge in [0.2, 0.25) is 0 Å². The SMILES string of the molecule is O[C@H]1[C@H](O)[C@@H](OCCc2c[n-]c3ccccc23)O[C@@H](CO[C@@H]2O[C@H](O)[C@H](O)[C@@H](O)[C@@H]2O)[C@@H]1O. The Hall–Kier alpha value is -1.68. The number of benzene rings is 1. The molecule has 12 nitrogen and oxygen atoms in total. The summed E-state index contributed by atoms with van der Waals surface area (Å²) in [7, 11) is 0. The number of rotatable bonds is 7. The summed E-state index contributed by atoms with van der Waals surface area (Å²) in [6, 6.07) is 7.61. The first-order valence-electron chi connectivity index (χ1n) is 10.6. The second kappa shape index (κ2) is 10.3. The van der Waals surface area contributed by atoms with Gasteiger partial charge in [0.15, 0.2) is 18.9 Å². The van der Waals surface area contributed by atoms with Crippen LogP contribution in [0.25, 0.3) is 10.9 Å². The molecule has 2 aromatic rings. The van der Waals surface area contributed by atoms with Crippen LogP contribution in [0.15, 0.2) is 30.5 Å². The van der Waals surface area contributed by atoms with Crippen LogP contribution in [0.4, 0.5) is 0 Å². The zero-order valence-corrected chi connectivity index (χ0v) is 17.5. The van der Waals surface area contributed by atoms with E-state index in [-0.39, 0.29) is 6.61 Å². The highest BCUT2D eigenvalue weighted by Crippen LogP contribution is 2.26. The molecule has 12 heteroatoms. The summed E-state index contributed by atoms with van der Waals surface area (Å²) in [6.07, 6.45) is -13.4. The number of ether oxygens (including phenoxy) is 4. The van der Waals surface area contributed by atoms with Crippen LogP contribution < -0.4 is 4.98 Å². The molecule has 0 bridgehead atoms. The molecule has 0 spiro atoms. The molecule has 1 aromatic heterocycles. The lowest BCUT2D eigenvalue weighted by atomic mass is 9.99. The molecule has 0 unspecified atom stereocenters. The van der Waals surface area contributed by atoms with Gasteiger partial charge < -0.3 is 59.7 Å². The van der Waals surface area contributed by atoms with E-state index in [1.807, 2.05) is 24.3 Å². The smallest absolute Gasteiger partial charge is 0.189 e. The molecule has 2 aliphatic rings. The third-order valence-corrected chi connectivity index (χ3v) is 5.90. The summed E-state index contributed by atoms with van der Waals surface area (Å²) in [5, 5.41) is 70.5. The van der Waals surface area contributed by atoms with E-state index in [1.54, 1.807) is 6.20 Å². The maximum atomic E-state index is 10.2. The van der Waals surface area contributed by atoms with Crippen LogP contribution in [-0.2, 0) is 25.4 Å². The molecule has 2 saturated heterocycles. The van der Waals surface area contributed by atoms with Crippen molar-refractivity contribution in [2.24, 2.45) is 0 Å². The molecule has 4 rings (SSSR count). The molecular formula is C21H28NO11-. The molecular weight excluding hydrogens is 442 g/mol. The van der Waals surface area contributed by atoms with Gasteiger partial charge in [-0.15, -0.1) is 5.52 Å². The van der Waals surface area contributed by atoms with Gasteiger partial charge in [0.05, 0.1) is 13.2 Å². The molecule has 0 saturated carbocycles. The molecule has 2 aliphatic heterocycles. The molecule has 0 aliphatic carbocycles. The predicted octanol–water partition coefficient (Wildman–Crippen LogP) is -3.06. The van der Waals surface area contributed by atoms with Crippen LogP contribution in [0, 0.1) is 0 Å². The zero-order valence-electron chi connectivity index (χ0n) is 17.5. The lowest BCUT2D eigenvalue weighted by molar-refractivity contribution is -0.353. The van der Waals surface area contributed by atoms with Gasteiger partial charge in [-0.2, -0.15) is 6.20 Å². The normalized spacial score (nSPS) is 39.7. The molecule has 184 valence electrons. The summed E-state index contributed by atoms with van der Waals surface area (Å²) < 4.78 is 21.4. The Labute approximate surface area is 188 Å². The van der Waals surface area contributed by atoms with Gasteiger partial charge >= 0.3 is 0 Å². The summed E-state index contributed by atoms with van der Waals surface area (Å²) in [4.78, 5) is 4.31. The number of fused-ring (bicyclic) bond motifs is 1. The Balaban J connectivity index is 1.33. The highest BCUT2D eigenvalue weighted by atomic mass is 16.8. The minimum atomic E-state index is -1.80. The molecule has 3 heterocycles. The van der Waals surface area contributed by atoms with Crippen LogP contribution in [-0.4, -0.2) is 111 Å². The number of nitrogens with zero attached hydrogens (tertiary/aromatic N) is 1. The Morgan fingerprint density at radius 2 is 1.42 bits per heavy atom. The molecule has 1 aromatic carbocycles. The van der Waals surface area contributed by atoms with Crippen LogP contribution in [0.3, 0.4) is 0 Å².